The van der Waals surface area contributed by atoms with Crippen molar-refractivity contribution >= 4 is 5.76 Å². The number of rotatable bonds is 7. The van der Waals surface area contributed by atoms with Crippen LogP contribution in [0.4, 0.5) is 4.39 Å². The van der Waals surface area contributed by atoms with Crippen molar-refractivity contribution in [2.24, 2.45) is 0 Å². The molecule has 0 unspecified atom stereocenters. The molecule has 0 amide bonds. The van der Waals surface area contributed by atoms with Gasteiger partial charge in [0.15, 0.2) is 0 Å². The topological polar surface area (TPSA) is 9.23 Å². The van der Waals surface area contributed by atoms with Crippen LogP contribution in [0.3, 0.4) is 0 Å². The number of halogens is 1. The van der Waals surface area contributed by atoms with Crippen LogP contribution in [0.5, 0.6) is 0 Å². The molecule has 0 heterocycles. The second-order valence-electron chi connectivity index (χ2n) is 4.27. The maximum absolute atomic E-state index is 13.9. The maximum atomic E-state index is 13.9. The lowest BCUT2D eigenvalue weighted by atomic mass is 10.0. The van der Waals surface area contributed by atoms with Crippen LogP contribution in [0.25, 0.3) is 5.76 Å². The first kappa shape index (κ1) is 14.5. The molecule has 2 heteroatoms. The first-order chi connectivity index (χ1) is 8.58. The van der Waals surface area contributed by atoms with Crippen LogP contribution in [-0.2, 0) is 11.2 Å². The normalized spacial score (nSPS) is 10.2. The molecule has 0 aliphatic heterocycles. The van der Waals surface area contributed by atoms with E-state index in [0.717, 1.165) is 24.0 Å². The zero-order chi connectivity index (χ0) is 13.5. The van der Waals surface area contributed by atoms with E-state index in [1.165, 1.54) is 6.07 Å². The first-order valence-corrected chi connectivity index (χ1v) is 6.35. The standard InChI is InChI=1S/C16H21FO/c1-5-12(3)7-8-14-9-10-15(11-16(14)17)13(4)18-6-2/h9-11H,3-8H2,1-2H3. The quantitative estimate of drug-likeness (QED) is 0.500. The lowest BCUT2D eigenvalue weighted by molar-refractivity contribution is 0.299. The van der Waals surface area contributed by atoms with E-state index in [4.69, 9.17) is 4.74 Å². The van der Waals surface area contributed by atoms with Crippen LogP contribution >= 0.6 is 0 Å². The van der Waals surface area contributed by atoms with E-state index >= 15 is 0 Å². The van der Waals surface area contributed by atoms with Gasteiger partial charge in [0.2, 0.25) is 0 Å². The summed E-state index contributed by atoms with van der Waals surface area (Å²) in [6.45, 7) is 12.2. The van der Waals surface area contributed by atoms with E-state index in [9.17, 15) is 4.39 Å². The molecular weight excluding hydrogens is 227 g/mol. The molecule has 0 aliphatic rings. The molecule has 0 bridgehead atoms. The molecule has 0 saturated carbocycles. The summed E-state index contributed by atoms with van der Waals surface area (Å²) in [5.74, 6) is 0.318. The van der Waals surface area contributed by atoms with E-state index in [-0.39, 0.29) is 5.82 Å². The Bertz CT molecular complexity index is 435. The molecular formula is C16H21FO. The van der Waals surface area contributed by atoms with Gasteiger partial charge in [0.25, 0.3) is 0 Å². The molecule has 0 spiro atoms. The molecule has 0 aromatic heterocycles. The molecule has 1 nitrogen and oxygen atoms in total. The van der Waals surface area contributed by atoms with Gasteiger partial charge in [0.05, 0.1) is 6.61 Å². The fraction of sp³-hybridized carbons (Fsp3) is 0.375. The van der Waals surface area contributed by atoms with Gasteiger partial charge in [-0.25, -0.2) is 4.39 Å². The van der Waals surface area contributed by atoms with Crippen molar-refractivity contribution in [1.82, 2.24) is 0 Å². The summed E-state index contributed by atoms with van der Waals surface area (Å²) < 4.78 is 19.1. The Morgan fingerprint density at radius 1 is 1.28 bits per heavy atom. The average Bonchev–Trinajstić information content (AvgIpc) is 2.37. The fourth-order valence-corrected chi connectivity index (χ4v) is 1.67. The highest BCUT2D eigenvalue weighted by molar-refractivity contribution is 5.57. The van der Waals surface area contributed by atoms with Gasteiger partial charge in [0, 0.05) is 5.56 Å². The smallest absolute Gasteiger partial charge is 0.127 e. The SMILES string of the molecule is C=C(CC)CCc1ccc(C(=C)OCC)cc1F. The Morgan fingerprint density at radius 3 is 2.56 bits per heavy atom. The summed E-state index contributed by atoms with van der Waals surface area (Å²) in [6.07, 6.45) is 2.47. The minimum atomic E-state index is -0.197. The van der Waals surface area contributed by atoms with Gasteiger partial charge >= 0.3 is 0 Å². The van der Waals surface area contributed by atoms with Crippen LogP contribution in [0.15, 0.2) is 36.9 Å². The van der Waals surface area contributed by atoms with E-state index in [1.807, 2.05) is 13.0 Å². The lowest BCUT2D eigenvalue weighted by Crippen LogP contribution is -1.96. The third-order valence-electron chi connectivity index (χ3n) is 2.94. The summed E-state index contributed by atoms with van der Waals surface area (Å²) in [5, 5.41) is 0. The van der Waals surface area contributed by atoms with Gasteiger partial charge in [-0.2, -0.15) is 0 Å². The van der Waals surface area contributed by atoms with Crippen LogP contribution in [0, 0.1) is 5.82 Å². The van der Waals surface area contributed by atoms with Gasteiger partial charge in [-0.3, -0.25) is 0 Å². The van der Waals surface area contributed by atoms with Crippen LogP contribution in [-0.4, -0.2) is 6.61 Å². The van der Waals surface area contributed by atoms with Crippen molar-refractivity contribution in [1.29, 1.82) is 0 Å². The van der Waals surface area contributed by atoms with Crippen molar-refractivity contribution in [2.75, 3.05) is 6.61 Å². The van der Waals surface area contributed by atoms with Gasteiger partial charge in [-0.05, 0) is 37.8 Å². The molecule has 0 radical (unpaired) electrons. The van der Waals surface area contributed by atoms with Crippen molar-refractivity contribution in [3.63, 3.8) is 0 Å². The van der Waals surface area contributed by atoms with Crippen molar-refractivity contribution in [3.05, 3.63) is 53.9 Å². The number of hydrogen-bond acceptors (Lipinski definition) is 1. The predicted molar refractivity (Wildman–Crippen MR) is 74.8 cm³/mol. The Kier molecular flexibility index (Phi) is 5.63. The van der Waals surface area contributed by atoms with Crippen molar-refractivity contribution < 1.29 is 9.13 Å². The van der Waals surface area contributed by atoms with E-state index in [1.54, 1.807) is 6.07 Å². The van der Waals surface area contributed by atoms with Crippen molar-refractivity contribution in [2.45, 2.75) is 33.1 Å². The monoisotopic (exact) mass is 248 g/mol. The van der Waals surface area contributed by atoms with Crippen LogP contribution < -0.4 is 0 Å². The number of aryl methyl sites for hydroxylation is 1. The van der Waals surface area contributed by atoms with Gasteiger partial charge in [-0.15, -0.1) is 0 Å². The molecule has 1 aromatic rings. The Balaban J connectivity index is 2.73. The fourth-order valence-electron chi connectivity index (χ4n) is 1.67. The summed E-state index contributed by atoms with van der Waals surface area (Å²) in [6, 6.07) is 5.14. The Morgan fingerprint density at radius 2 is 2.00 bits per heavy atom. The summed E-state index contributed by atoms with van der Waals surface area (Å²) in [5.41, 5.74) is 2.57. The highest BCUT2D eigenvalue weighted by Crippen LogP contribution is 2.20. The number of benzene rings is 1. The van der Waals surface area contributed by atoms with Crippen LogP contribution in [0.1, 0.15) is 37.8 Å². The molecule has 0 fully saturated rings. The Labute approximate surface area is 109 Å². The zero-order valence-electron chi connectivity index (χ0n) is 11.3. The third kappa shape index (κ3) is 4.02. The second kappa shape index (κ2) is 7.00. The lowest BCUT2D eigenvalue weighted by Gasteiger charge is -2.09. The van der Waals surface area contributed by atoms with Crippen LogP contribution in [0.2, 0.25) is 0 Å². The molecule has 0 aliphatic carbocycles. The first-order valence-electron chi connectivity index (χ1n) is 6.35. The molecule has 0 saturated heterocycles. The summed E-state index contributed by atoms with van der Waals surface area (Å²) >= 11 is 0. The summed E-state index contributed by atoms with van der Waals surface area (Å²) in [4.78, 5) is 0. The largest absolute Gasteiger partial charge is 0.494 e. The number of allylic oxidation sites excluding steroid dienone is 1. The minimum absolute atomic E-state index is 0.197. The van der Waals surface area contributed by atoms with Gasteiger partial charge in [0.1, 0.15) is 11.6 Å². The summed E-state index contributed by atoms with van der Waals surface area (Å²) in [7, 11) is 0. The predicted octanol–water partition coefficient (Wildman–Crippen LogP) is 4.73. The van der Waals surface area contributed by atoms with Crippen molar-refractivity contribution in [3.8, 4) is 0 Å². The van der Waals surface area contributed by atoms with E-state index in [0.29, 0.717) is 24.4 Å². The van der Waals surface area contributed by atoms with E-state index in [2.05, 4.69) is 20.1 Å². The van der Waals surface area contributed by atoms with Gasteiger partial charge < -0.3 is 4.74 Å². The molecule has 1 aromatic carbocycles. The van der Waals surface area contributed by atoms with Gasteiger partial charge in [-0.1, -0.05) is 37.8 Å². The molecule has 18 heavy (non-hydrogen) atoms. The highest BCUT2D eigenvalue weighted by Gasteiger charge is 2.06. The Hall–Kier alpha value is -1.57. The number of ether oxygens (including phenoxy) is 1. The maximum Gasteiger partial charge on any atom is 0.127 e. The number of hydrogen-bond donors (Lipinski definition) is 0. The molecule has 0 atom stereocenters. The minimum Gasteiger partial charge on any atom is -0.494 e. The second-order valence-corrected chi connectivity index (χ2v) is 4.27. The van der Waals surface area contributed by atoms with E-state index < -0.39 is 0 Å². The molecule has 98 valence electrons. The molecule has 1 rings (SSSR count). The zero-order valence-corrected chi connectivity index (χ0v) is 11.3. The third-order valence-corrected chi connectivity index (χ3v) is 2.94. The highest BCUT2D eigenvalue weighted by atomic mass is 19.1. The molecule has 0 N–H and O–H groups in total. The average molecular weight is 248 g/mol.